The van der Waals surface area contributed by atoms with Gasteiger partial charge in [-0.25, -0.2) is 4.98 Å². The zero-order valence-corrected chi connectivity index (χ0v) is 9.52. The van der Waals surface area contributed by atoms with E-state index in [1.54, 1.807) is 6.20 Å². The minimum atomic E-state index is -0.0197. The molecule has 0 aliphatic rings. The third kappa shape index (κ3) is 3.36. The van der Waals surface area contributed by atoms with Gasteiger partial charge in [0.15, 0.2) is 0 Å². The van der Waals surface area contributed by atoms with Crippen molar-refractivity contribution in [2.75, 3.05) is 0 Å². The number of hydrogen-bond donors (Lipinski definition) is 2. The van der Waals surface area contributed by atoms with E-state index in [0.717, 1.165) is 9.50 Å². The Hall–Kier alpha value is -0.550. The number of aromatic nitrogens is 1. The van der Waals surface area contributed by atoms with Crippen LogP contribution in [-0.2, 0) is 0 Å². The lowest BCUT2D eigenvalue weighted by Crippen LogP contribution is -2.21. The van der Waals surface area contributed by atoms with Crippen molar-refractivity contribution >= 4 is 33.5 Å². The molecule has 70 valence electrons. The molecule has 1 heterocycles. The second kappa shape index (κ2) is 4.62. The van der Waals surface area contributed by atoms with Gasteiger partial charge in [-0.05, 0) is 35.0 Å². The maximum atomic E-state index is 7.21. The van der Waals surface area contributed by atoms with Gasteiger partial charge in [0, 0.05) is 10.7 Å². The van der Waals surface area contributed by atoms with Gasteiger partial charge in [-0.3, -0.25) is 5.41 Å². The van der Waals surface area contributed by atoms with Gasteiger partial charge in [-0.2, -0.15) is 0 Å². The average molecular weight is 260 g/mol. The van der Waals surface area contributed by atoms with Gasteiger partial charge in [0.1, 0.15) is 5.84 Å². The Kier molecular flexibility index (Phi) is 3.74. The van der Waals surface area contributed by atoms with Crippen molar-refractivity contribution in [3.63, 3.8) is 0 Å². The van der Waals surface area contributed by atoms with E-state index in [0.29, 0.717) is 0 Å². The third-order valence-corrected chi connectivity index (χ3v) is 3.00. The third-order valence-electron chi connectivity index (χ3n) is 1.44. The first-order valence-corrected chi connectivity index (χ1v) is 5.39. The summed E-state index contributed by atoms with van der Waals surface area (Å²) in [5.41, 5.74) is 5.34. The van der Waals surface area contributed by atoms with Gasteiger partial charge in [0.25, 0.3) is 0 Å². The smallest absolute Gasteiger partial charge is 0.104 e. The van der Waals surface area contributed by atoms with Crippen LogP contribution in [0, 0.1) is 5.41 Å². The summed E-state index contributed by atoms with van der Waals surface area (Å²) in [5, 5.41) is 8.07. The largest absolute Gasteiger partial charge is 0.387 e. The van der Waals surface area contributed by atoms with Gasteiger partial charge >= 0.3 is 0 Å². The van der Waals surface area contributed by atoms with Crippen LogP contribution >= 0.6 is 27.7 Å². The maximum absolute atomic E-state index is 7.21. The molecule has 0 saturated carbocycles. The van der Waals surface area contributed by atoms with Crippen LogP contribution in [-0.4, -0.2) is 16.1 Å². The van der Waals surface area contributed by atoms with Crippen LogP contribution in [0.25, 0.3) is 0 Å². The Balaban J connectivity index is 2.64. The minimum Gasteiger partial charge on any atom is -0.387 e. The summed E-state index contributed by atoms with van der Waals surface area (Å²) in [4.78, 5) is 4.16. The molecule has 0 aliphatic heterocycles. The van der Waals surface area contributed by atoms with Crippen LogP contribution in [0.3, 0.4) is 0 Å². The van der Waals surface area contributed by atoms with Crippen molar-refractivity contribution in [3.8, 4) is 0 Å². The average Bonchev–Trinajstić information content (AvgIpc) is 2.08. The number of amidine groups is 1. The second-order valence-corrected chi connectivity index (χ2v) is 4.81. The summed E-state index contributed by atoms with van der Waals surface area (Å²) in [6, 6.07) is 3.82. The Bertz CT molecular complexity index is 299. The minimum absolute atomic E-state index is 0.0197. The van der Waals surface area contributed by atoms with Crippen LogP contribution in [0.2, 0.25) is 0 Å². The van der Waals surface area contributed by atoms with Crippen molar-refractivity contribution in [3.05, 3.63) is 22.8 Å². The van der Waals surface area contributed by atoms with Crippen LogP contribution in [0.1, 0.15) is 6.92 Å². The van der Waals surface area contributed by atoms with Gasteiger partial charge in [0.2, 0.25) is 0 Å². The van der Waals surface area contributed by atoms with Crippen molar-refractivity contribution in [1.82, 2.24) is 4.98 Å². The molecule has 0 saturated heterocycles. The number of hydrogen-bond acceptors (Lipinski definition) is 3. The summed E-state index contributed by atoms with van der Waals surface area (Å²) >= 11 is 4.78. The Morgan fingerprint density at radius 1 is 1.69 bits per heavy atom. The molecule has 1 rings (SSSR count). The SMILES string of the molecule is CC(Sc1ccc(Br)cn1)C(=N)N. The molecule has 1 atom stereocenters. The first kappa shape index (κ1) is 10.5. The van der Waals surface area contributed by atoms with E-state index in [1.165, 1.54) is 11.8 Å². The highest BCUT2D eigenvalue weighted by Gasteiger charge is 2.07. The molecule has 3 nitrogen and oxygen atoms in total. The molecule has 0 spiro atoms. The van der Waals surface area contributed by atoms with E-state index in [1.807, 2.05) is 19.1 Å². The fourth-order valence-corrected chi connectivity index (χ4v) is 1.66. The van der Waals surface area contributed by atoms with E-state index in [9.17, 15) is 0 Å². The van der Waals surface area contributed by atoms with E-state index >= 15 is 0 Å². The predicted molar refractivity (Wildman–Crippen MR) is 59.2 cm³/mol. The molecule has 13 heavy (non-hydrogen) atoms. The van der Waals surface area contributed by atoms with Gasteiger partial charge < -0.3 is 5.73 Å². The molecule has 1 aromatic heterocycles. The molecule has 0 aliphatic carbocycles. The Labute approximate surface area is 89.8 Å². The van der Waals surface area contributed by atoms with E-state index in [-0.39, 0.29) is 11.1 Å². The van der Waals surface area contributed by atoms with E-state index in [2.05, 4.69) is 20.9 Å². The standard InChI is InChI=1S/C8H10BrN3S/c1-5(8(10)11)13-7-3-2-6(9)4-12-7/h2-5H,1H3,(H3,10,11). The van der Waals surface area contributed by atoms with Gasteiger partial charge in [-0.1, -0.05) is 11.8 Å². The number of nitrogens with one attached hydrogen (secondary N) is 1. The summed E-state index contributed by atoms with van der Waals surface area (Å²) in [7, 11) is 0. The first-order valence-electron chi connectivity index (χ1n) is 3.71. The molecule has 1 unspecified atom stereocenters. The molecule has 3 N–H and O–H groups in total. The number of nitrogens with two attached hydrogens (primary N) is 1. The maximum Gasteiger partial charge on any atom is 0.104 e. The number of thioether (sulfide) groups is 1. The normalized spacial score (nSPS) is 12.5. The van der Waals surface area contributed by atoms with Crippen LogP contribution < -0.4 is 5.73 Å². The van der Waals surface area contributed by atoms with E-state index in [4.69, 9.17) is 11.1 Å². The molecular weight excluding hydrogens is 250 g/mol. The second-order valence-electron chi connectivity index (χ2n) is 2.53. The highest BCUT2D eigenvalue weighted by atomic mass is 79.9. The number of halogens is 1. The Morgan fingerprint density at radius 2 is 2.38 bits per heavy atom. The molecule has 0 bridgehead atoms. The van der Waals surface area contributed by atoms with Crippen molar-refractivity contribution in [2.24, 2.45) is 5.73 Å². The number of pyridine rings is 1. The zero-order chi connectivity index (χ0) is 9.84. The topological polar surface area (TPSA) is 62.8 Å². The molecule has 0 radical (unpaired) electrons. The van der Waals surface area contributed by atoms with Crippen LogP contribution in [0.15, 0.2) is 27.8 Å². The summed E-state index contributed by atoms with van der Waals surface area (Å²) < 4.78 is 0.951. The molecule has 0 fully saturated rings. The lowest BCUT2D eigenvalue weighted by atomic mass is 10.4. The zero-order valence-electron chi connectivity index (χ0n) is 7.12. The molecule has 1 aromatic rings. The quantitative estimate of drug-likeness (QED) is 0.497. The highest BCUT2D eigenvalue weighted by Crippen LogP contribution is 2.21. The molecular formula is C8H10BrN3S. The summed E-state index contributed by atoms with van der Waals surface area (Å²) in [5.74, 6) is 0.176. The Morgan fingerprint density at radius 3 is 2.85 bits per heavy atom. The van der Waals surface area contributed by atoms with Crippen LogP contribution in [0.5, 0.6) is 0 Å². The van der Waals surface area contributed by atoms with Gasteiger partial charge in [-0.15, -0.1) is 0 Å². The first-order chi connectivity index (χ1) is 6.09. The molecule has 0 amide bonds. The van der Waals surface area contributed by atoms with Crippen molar-refractivity contribution in [1.29, 1.82) is 5.41 Å². The monoisotopic (exact) mass is 259 g/mol. The predicted octanol–water partition coefficient (Wildman–Crippen LogP) is 2.26. The lowest BCUT2D eigenvalue weighted by molar-refractivity contribution is 1.11. The fraction of sp³-hybridized carbons (Fsp3) is 0.250. The van der Waals surface area contributed by atoms with Gasteiger partial charge in [0.05, 0.1) is 10.3 Å². The number of rotatable bonds is 3. The molecule has 5 heteroatoms. The van der Waals surface area contributed by atoms with Crippen molar-refractivity contribution < 1.29 is 0 Å². The lowest BCUT2D eigenvalue weighted by Gasteiger charge is -2.07. The highest BCUT2D eigenvalue weighted by molar-refractivity contribution is 9.10. The van der Waals surface area contributed by atoms with E-state index < -0.39 is 0 Å². The number of nitrogens with zero attached hydrogens (tertiary/aromatic N) is 1. The molecule has 0 aromatic carbocycles. The summed E-state index contributed by atoms with van der Waals surface area (Å²) in [6.45, 7) is 1.89. The van der Waals surface area contributed by atoms with Crippen molar-refractivity contribution in [2.45, 2.75) is 17.2 Å². The van der Waals surface area contributed by atoms with Crippen LogP contribution in [0.4, 0.5) is 0 Å². The fourth-order valence-electron chi connectivity index (χ4n) is 0.677. The summed E-state index contributed by atoms with van der Waals surface area (Å²) in [6.07, 6.45) is 1.73.